The fourth-order valence-electron chi connectivity index (χ4n) is 3.14. The first-order chi connectivity index (χ1) is 12.2. The lowest BCUT2D eigenvalue weighted by molar-refractivity contribution is 0.131. The molecule has 2 heterocycles. The normalized spacial score (nSPS) is 17.9. The third-order valence-corrected chi connectivity index (χ3v) is 4.29. The van der Waals surface area contributed by atoms with Crippen LogP contribution in [-0.4, -0.2) is 33.3 Å². The summed E-state index contributed by atoms with van der Waals surface area (Å²) >= 11 is 0. The molecule has 0 saturated carbocycles. The number of rotatable bonds is 3. The predicted molar refractivity (Wildman–Crippen MR) is 102 cm³/mol. The van der Waals surface area contributed by atoms with Crippen molar-refractivity contribution < 1.29 is 9.84 Å². The lowest BCUT2D eigenvalue weighted by Gasteiger charge is -2.25. The smallest absolute Gasteiger partial charge is 0.293 e. The zero-order valence-corrected chi connectivity index (χ0v) is 15.5. The van der Waals surface area contributed by atoms with Crippen molar-refractivity contribution in [3.8, 4) is 22.8 Å². The van der Waals surface area contributed by atoms with E-state index in [2.05, 4.69) is 10.3 Å². The Bertz CT molecular complexity index is 849. The molecule has 1 atom stereocenters. The molecule has 140 valence electrons. The zero-order chi connectivity index (χ0) is 18.9. The van der Waals surface area contributed by atoms with Gasteiger partial charge in [0.2, 0.25) is 0 Å². The summed E-state index contributed by atoms with van der Waals surface area (Å²) in [6, 6.07) is 5.01. The Kier molecular flexibility index (Phi) is 4.91. The van der Waals surface area contributed by atoms with E-state index in [-0.39, 0.29) is 28.8 Å². The van der Waals surface area contributed by atoms with Gasteiger partial charge in [-0.25, -0.2) is 4.98 Å². The average Bonchev–Trinajstić information content (AvgIpc) is 2.58. The maximum atomic E-state index is 12.5. The van der Waals surface area contributed by atoms with Gasteiger partial charge in [0.15, 0.2) is 5.82 Å². The van der Waals surface area contributed by atoms with E-state index in [1.165, 1.54) is 0 Å². The zero-order valence-electron chi connectivity index (χ0n) is 15.5. The van der Waals surface area contributed by atoms with Crippen molar-refractivity contribution in [1.29, 1.82) is 0 Å². The number of nitrogens with one attached hydrogen (secondary N) is 1. The second kappa shape index (κ2) is 6.99. The molecule has 1 unspecified atom stereocenters. The molecule has 0 bridgehead atoms. The molecule has 1 aromatic carbocycles. The first-order valence-corrected chi connectivity index (χ1v) is 8.86. The highest BCUT2D eigenvalue weighted by Crippen LogP contribution is 2.33. The number of aromatic hydroxyl groups is 1. The topological polar surface area (TPSA) is 102 Å². The molecular weight excluding hydrogens is 332 g/mol. The summed E-state index contributed by atoms with van der Waals surface area (Å²) < 4.78 is 7.50. The fraction of sp³-hybridized carbons (Fsp3) is 0.474. The van der Waals surface area contributed by atoms with Gasteiger partial charge in [0, 0.05) is 24.3 Å². The van der Waals surface area contributed by atoms with Crippen LogP contribution in [0.15, 0.2) is 29.2 Å². The number of benzene rings is 1. The van der Waals surface area contributed by atoms with Gasteiger partial charge >= 0.3 is 0 Å². The largest absolute Gasteiger partial charge is 0.507 e. The van der Waals surface area contributed by atoms with Gasteiger partial charge in [-0.15, -0.1) is 0 Å². The minimum Gasteiger partial charge on any atom is -0.507 e. The van der Waals surface area contributed by atoms with E-state index in [0.717, 1.165) is 19.4 Å². The standard InChI is InChI=1S/C19H26N4O3/c1-19(2,3)26-13-6-7-16(24)14(9-13)15-11-23(18(25)17(20)22-15)12-5-4-8-21-10-12/h6-7,9,11-12,21,24H,4-5,8,10H2,1-3H3,(H2,20,22). The fourth-order valence-corrected chi connectivity index (χ4v) is 3.14. The van der Waals surface area contributed by atoms with Gasteiger partial charge in [-0.05, 0) is 58.4 Å². The Balaban J connectivity index is 2.05. The highest BCUT2D eigenvalue weighted by atomic mass is 16.5. The second-order valence-electron chi connectivity index (χ2n) is 7.62. The molecule has 1 aromatic heterocycles. The quantitative estimate of drug-likeness (QED) is 0.778. The molecule has 1 aliphatic rings. The first kappa shape index (κ1) is 18.3. The number of anilines is 1. The van der Waals surface area contributed by atoms with Gasteiger partial charge < -0.3 is 25.5 Å². The summed E-state index contributed by atoms with van der Waals surface area (Å²) in [5, 5.41) is 13.6. The molecule has 1 fully saturated rings. The van der Waals surface area contributed by atoms with E-state index in [4.69, 9.17) is 10.5 Å². The second-order valence-corrected chi connectivity index (χ2v) is 7.62. The minimum atomic E-state index is -0.368. The van der Waals surface area contributed by atoms with Crippen LogP contribution in [-0.2, 0) is 0 Å². The summed E-state index contributed by atoms with van der Waals surface area (Å²) in [7, 11) is 0. The van der Waals surface area contributed by atoms with Crippen molar-refractivity contribution in [2.24, 2.45) is 0 Å². The third-order valence-electron chi connectivity index (χ3n) is 4.29. The number of nitrogens with zero attached hydrogens (tertiary/aromatic N) is 2. The molecule has 1 saturated heterocycles. The first-order valence-electron chi connectivity index (χ1n) is 8.86. The number of piperidine rings is 1. The van der Waals surface area contributed by atoms with Crippen LogP contribution in [0.25, 0.3) is 11.3 Å². The van der Waals surface area contributed by atoms with Crippen molar-refractivity contribution in [2.75, 3.05) is 18.8 Å². The number of hydrogen-bond donors (Lipinski definition) is 3. The van der Waals surface area contributed by atoms with Gasteiger partial charge in [0.05, 0.1) is 5.69 Å². The van der Waals surface area contributed by atoms with Crippen LogP contribution in [0.2, 0.25) is 0 Å². The molecule has 0 radical (unpaired) electrons. The molecule has 7 nitrogen and oxygen atoms in total. The van der Waals surface area contributed by atoms with Crippen LogP contribution in [0.3, 0.4) is 0 Å². The summed E-state index contributed by atoms with van der Waals surface area (Å²) in [5.74, 6) is 0.600. The van der Waals surface area contributed by atoms with Crippen LogP contribution in [0.5, 0.6) is 11.5 Å². The van der Waals surface area contributed by atoms with Crippen LogP contribution >= 0.6 is 0 Å². The van der Waals surface area contributed by atoms with Gasteiger partial charge in [-0.2, -0.15) is 0 Å². The Morgan fingerprint density at radius 2 is 2.15 bits per heavy atom. The lowest BCUT2D eigenvalue weighted by Crippen LogP contribution is -2.37. The van der Waals surface area contributed by atoms with Crippen molar-refractivity contribution in [3.63, 3.8) is 0 Å². The Labute approximate surface area is 152 Å². The number of nitrogens with two attached hydrogens (primary N) is 1. The molecule has 1 aliphatic heterocycles. The SMILES string of the molecule is CC(C)(C)Oc1ccc(O)c(-c2cn(C3CCCNC3)c(=O)c(N)n2)c1. The van der Waals surface area contributed by atoms with E-state index in [9.17, 15) is 9.90 Å². The number of ether oxygens (including phenoxy) is 1. The van der Waals surface area contributed by atoms with Crippen LogP contribution in [0.4, 0.5) is 5.82 Å². The minimum absolute atomic E-state index is 0.0245. The third kappa shape index (κ3) is 3.99. The Hall–Kier alpha value is -2.54. The van der Waals surface area contributed by atoms with Gasteiger partial charge in [0.25, 0.3) is 5.56 Å². The predicted octanol–water partition coefficient (Wildman–Crippen LogP) is 2.30. The van der Waals surface area contributed by atoms with E-state index < -0.39 is 0 Å². The summed E-state index contributed by atoms with van der Waals surface area (Å²) in [6.45, 7) is 7.51. The molecule has 0 aliphatic carbocycles. The molecular formula is C19H26N4O3. The highest BCUT2D eigenvalue weighted by Gasteiger charge is 2.20. The number of phenols is 1. The van der Waals surface area contributed by atoms with Crippen LogP contribution in [0.1, 0.15) is 39.7 Å². The van der Waals surface area contributed by atoms with E-state index in [1.807, 2.05) is 20.8 Å². The van der Waals surface area contributed by atoms with Crippen molar-refractivity contribution in [3.05, 3.63) is 34.7 Å². The summed E-state index contributed by atoms with van der Waals surface area (Å²) in [4.78, 5) is 16.7. The molecule has 0 spiro atoms. The molecule has 2 aromatic rings. The lowest BCUT2D eigenvalue weighted by atomic mass is 10.1. The van der Waals surface area contributed by atoms with Crippen molar-refractivity contribution >= 4 is 5.82 Å². The molecule has 4 N–H and O–H groups in total. The Morgan fingerprint density at radius 1 is 1.38 bits per heavy atom. The van der Waals surface area contributed by atoms with Gasteiger partial charge in [-0.3, -0.25) is 4.79 Å². The monoisotopic (exact) mass is 358 g/mol. The van der Waals surface area contributed by atoms with E-state index >= 15 is 0 Å². The van der Waals surface area contributed by atoms with Gasteiger partial charge in [0.1, 0.15) is 17.1 Å². The van der Waals surface area contributed by atoms with Crippen LogP contribution in [0, 0.1) is 0 Å². The Morgan fingerprint density at radius 3 is 2.81 bits per heavy atom. The number of hydrogen-bond acceptors (Lipinski definition) is 6. The van der Waals surface area contributed by atoms with Crippen molar-refractivity contribution in [2.45, 2.75) is 45.3 Å². The summed E-state index contributed by atoms with van der Waals surface area (Å²) in [5.41, 5.74) is 6.14. The number of aromatic nitrogens is 2. The van der Waals surface area contributed by atoms with Crippen molar-refractivity contribution in [1.82, 2.24) is 14.9 Å². The highest BCUT2D eigenvalue weighted by molar-refractivity contribution is 5.69. The van der Waals surface area contributed by atoms with Gasteiger partial charge in [-0.1, -0.05) is 0 Å². The van der Waals surface area contributed by atoms with Crippen LogP contribution < -0.4 is 21.3 Å². The van der Waals surface area contributed by atoms with E-state index in [0.29, 0.717) is 23.6 Å². The molecule has 3 rings (SSSR count). The number of nitrogen functional groups attached to an aromatic ring is 1. The molecule has 7 heteroatoms. The molecule has 26 heavy (non-hydrogen) atoms. The average molecular weight is 358 g/mol. The maximum Gasteiger partial charge on any atom is 0.293 e. The maximum absolute atomic E-state index is 12.5. The summed E-state index contributed by atoms with van der Waals surface area (Å²) in [6.07, 6.45) is 3.57. The van der Waals surface area contributed by atoms with E-state index in [1.54, 1.807) is 29.0 Å². The number of phenolic OH excluding ortho intramolecular Hbond substituents is 1. The molecule has 0 amide bonds.